The molecular weight excluding hydrogens is 573 g/mol. The van der Waals surface area contributed by atoms with Crippen LogP contribution in [0.1, 0.15) is 87.0 Å². The molecule has 0 radical (unpaired) electrons. The van der Waals surface area contributed by atoms with Gasteiger partial charge >= 0.3 is 11.9 Å². The highest BCUT2D eigenvalue weighted by Crippen LogP contribution is 2.49. The minimum Gasteiger partial charge on any atom is -0.464 e. The van der Waals surface area contributed by atoms with E-state index in [4.69, 9.17) is 19.9 Å². The van der Waals surface area contributed by atoms with Crippen molar-refractivity contribution in [3.8, 4) is 0 Å². The molecule has 2 atom stereocenters. The number of imidazole rings is 1. The van der Waals surface area contributed by atoms with Gasteiger partial charge in [-0.1, -0.05) is 53.4 Å². The Bertz CT molecular complexity index is 1240. The summed E-state index contributed by atoms with van der Waals surface area (Å²) in [7, 11) is -3.72. The van der Waals surface area contributed by atoms with Crippen molar-refractivity contribution in [2.75, 3.05) is 25.3 Å². The predicted molar refractivity (Wildman–Crippen MR) is 165 cm³/mol. The topological polar surface area (TPSA) is 173 Å². The maximum absolute atomic E-state index is 14.5. The number of nitrogen functional groups attached to an aromatic ring is 1. The molecule has 2 heterocycles. The summed E-state index contributed by atoms with van der Waals surface area (Å²) in [5, 5.41) is 6.07. The molecule has 0 aromatic carbocycles. The normalized spacial score (nSPS) is 16.8. The highest BCUT2D eigenvalue weighted by molar-refractivity contribution is 7.59. The van der Waals surface area contributed by atoms with E-state index in [1.54, 1.807) is 24.7 Å². The molecule has 1 aliphatic carbocycles. The lowest BCUT2D eigenvalue weighted by molar-refractivity contribution is -0.151. The number of nitrogens with zero attached hydrogens (tertiary/aromatic N) is 4. The van der Waals surface area contributed by atoms with Crippen LogP contribution >= 0.6 is 7.44 Å². The van der Waals surface area contributed by atoms with Gasteiger partial charge in [0.2, 0.25) is 7.44 Å². The minimum atomic E-state index is -3.72. The number of anilines is 1. The molecule has 1 aliphatic rings. The van der Waals surface area contributed by atoms with Crippen molar-refractivity contribution in [1.29, 1.82) is 0 Å². The van der Waals surface area contributed by atoms with E-state index in [1.165, 1.54) is 6.33 Å². The highest BCUT2D eigenvalue weighted by Gasteiger charge is 2.56. The number of hydrogen-bond donors (Lipinski definition) is 3. The molecule has 0 bridgehead atoms. The molecule has 0 spiro atoms. The van der Waals surface area contributed by atoms with E-state index in [0.29, 0.717) is 37.2 Å². The highest BCUT2D eigenvalue weighted by atomic mass is 31.2. The van der Waals surface area contributed by atoms with Gasteiger partial charge in [0.15, 0.2) is 11.5 Å². The Morgan fingerprint density at radius 1 is 1.05 bits per heavy atom. The molecule has 0 saturated heterocycles. The molecule has 242 valence electrons. The predicted octanol–water partition coefficient (Wildman–Crippen LogP) is 4.41. The Kier molecular flexibility index (Phi) is 12.1. The number of aromatic nitrogens is 4. The maximum Gasteiger partial charge on any atom is 0.326 e. The summed E-state index contributed by atoms with van der Waals surface area (Å²) < 4.78 is 33.7. The average molecular weight is 624 g/mol. The molecule has 0 aliphatic heterocycles. The van der Waals surface area contributed by atoms with E-state index in [2.05, 4.69) is 39.0 Å². The zero-order valence-corrected chi connectivity index (χ0v) is 27.6. The largest absolute Gasteiger partial charge is 0.464 e. The van der Waals surface area contributed by atoms with Crippen LogP contribution < -0.4 is 15.9 Å². The maximum atomic E-state index is 14.5. The van der Waals surface area contributed by atoms with Crippen LogP contribution in [-0.4, -0.2) is 68.2 Å². The van der Waals surface area contributed by atoms with Crippen LogP contribution in [0.5, 0.6) is 0 Å². The number of nitrogens with two attached hydrogens (primary N) is 1. The van der Waals surface area contributed by atoms with E-state index in [0.717, 1.165) is 25.7 Å². The summed E-state index contributed by atoms with van der Waals surface area (Å²) in [4.78, 5) is 38.8. The Labute approximate surface area is 254 Å². The van der Waals surface area contributed by atoms with Gasteiger partial charge in [-0.15, -0.1) is 0 Å². The Hall–Kier alpha value is -2.60. The first-order valence-electron chi connectivity index (χ1n) is 15.4. The molecule has 13 nitrogen and oxygen atoms in total. The van der Waals surface area contributed by atoms with Gasteiger partial charge in [0.05, 0.1) is 32.2 Å². The van der Waals surface area contributed by atoms with Gasteiger partial charge in [-0.05, 0) is 45.4 Å². The molecule has 0 amide bonds. The van der Waals surface area contributed by atoms with E-state index < -0.39 is 36.6 Å². The monoisotopic (exact) mass is 623 g/mol. The molecule has 1 fully saturated rings. The Morgan fingerprint density at radius 3 is 2.23 bits per heavy atom. The lowest BCUT2D eigenvalue weighted by atomic mass is 10.0. The fourth-order valence-electron chi connectivity index (χ4n) is 4.77. The summed E-state index contributed by atoms with van der Waals surface area (Å²) in [5.41, 5.74) is 4.52. The second kappa shape index (κ2) is 14.9. The summed E-state index contributed by atoms with van der Waals surface area (Å²) in [6.07, 6.45) is 6.74. The average Bonchev–Trinajstić information content (AvgIpc) is 3.63. The fraction of sp³-hybridized carbons (Fsp3) is 0.759. The van der Waals surface area contributed by atoms with Gasteiger partial charge in [-0.3, -0.25) is 14.2 Å². The third kappa shape index (κ3) is 9.20. The molecular formula is C29H50N7O6P. The zero-order valence-electron chi connectivity index (χ0n) is 26.7. The van der Waals surface area contributed by atoms with Crippen molar-refractivity contribution in [3.05, 3.63) is 12.7 Å². The second-order valence-corrected chi connectivity index (χ2v) is 14.4. The van der Waals surface area contributed by atoms with E-state index in [9.17, 15) is 14.2 Å². The number of rotatable bonds is 19. The van der Waals surface area contributed by atoms with Crippen LogP contribution in [0.25, 0.3) is 11.2 Å². The molecule has 1 saturated carbocycles. The zero-order chi connectivity index (χ0) is 31.8. The Morgan fingerprint density at radius 2 is 1.65 bits per heavy atom. The third-order valence-electron chi connectivity index (χ3n) is 8.14. The van der Waals surface area contributed by atoms with Crippen molar-refractivity contribution in [3.63, 3.8) is 0 Å². The third-order valence-corrected chi connectivity index (χ3v) is 10.4. The van der Waals surface area contributed by atoms with Crippen molar-refractivity contribution in [1.82, 2.24) is 29.7 Å². The lowest BCUT2D eigenvalue weighted by Gasteiger charge is -2.33. The molecule has 4 N–H and O–H groups in total. The first-order chi connectivity index (χ1) is 20.3. The summed E-state index contributed by atoms with van der Waals surface area (Å²) in [6.45, 7) is 14.2. The van der Waals surface area contributed by atoms with Gasteiger partial charge in [-0.2, -0.15) is 0 Å². The van der Waals surface area contributed by atoms with Crippen molar-refractivity contribution >= 4 is 36.4 Å². The lowest BCUT2D eigenvalue weighted by Crippen LogP contribution is -2.51. The number of esters is 2. The number of carbonyl (C=O) groups excluding carboxylic acids is 2. The van der Waals surface area contributed by atoms with Gasteiger partial charge in [0.1, 0.15) is 29.3 Å². The first-order valence-corrected chi connectivity index (χ1v) is 17.3. The van der Waals surface area contributed by atoms with Crippen LogP contribution in [0.3, 0.4) is 0 Å². The fourth-order valence-corrected chi connectivity index (χ4v) is 7.42. The molecule has 14 heteroatoms. The SMILES string of the molecule is CCC(CC)COC(=O)C(C)(C)N[P@@](=O)(CO[C@H](C)Cn1cnc2c(N)ncnc21)NC1(C(=O)OCC(CC)CC)CC1. The van der Waals surface area contributed by atoms with E-state index >= 15 is 0 Å². The van der Waals surface area contributed by atoms with Crippen molar-refractivity contribution < 1.29 is 28.4 Å². The summed E-state index contributed by atoms with van der Waals surface area (Å²) in [6, 6.07) is 0. The van der Waals surface area contributed by atoms with Crippen LogP contribution in [0, 0.1) is 11.8 Å². The van der Waals surface area contributed by atoms with Crippen LogP contribution in [0.15, 0.2) is 12.7 Å². The molecule has 43 heavy (non-hydrogen) atoms. The molecule has 3 rings (SSSR count). The van der Waals surface area contributed by atoms with Gasteiger partial charge in [-0.25, -0.2) is 25.1 Å². The van der Waals surface area contributed by atoms with Gasteiger partial charge in [0.25, 0.3) is 0 Å². The van der Waals surface area contributed by atoms with Crippen molar-refractivity contribution in [2.24, 2.45) is 11.8 Å². The van der Waals surface area contributed by atoms with Crippen LogP contribution in [-0.2, 0) is 34.9 Å². The quantitative estimate of drug-likeness (QED) is 0.149. The first kappa shape index (κ1) is 34.9. The van der Waals surface area contributed by atoms with Crippen LogP contribution in [0.4, 0.5) is 5.82 Å². The number of fused-ring (bicyclic) bond motifs is 1. The molecule has 2 aromatic rings. The molecule has 0 unspecified atom stereocenters. The summed E-state index contributed by atoms with van der Waals surface area (Å²) in [5.74, 6) is -0.186. The number of ether oxygens (including phenoxy) is 3. The van der Waals surface area contributed by atoms with Gasteiger partial charge in [0, 0.05) is 0 Å². The van der Waals surface area contributed by atoms with E-state index in [-0.39, 0.29) is 30.6 Å². The second-order valence-electron chi connectivity index (χ2n) is 12.2. The van der Waals surface area contributed by atoms with Crippen LogP contribution in [0.2, 0.25) is 0 Å². The molecule has 2 aromatic heterocycles. The summed E-state index contributed by atoms with van der Waals surface area (Å²) >= 11 is 0. The number of carbonyl (C=O) groups is 2. The number of nitrogens with one attached hydrogen (secondary N) is 2. The minimum absolute atomic E-state index is 0.244. The van der Waals surface area contributed by atoms with E-state index in [1.807, 2.05) is 20.8 Å². The Balaban J connectivity index is 1.75. The smallest absolute Gasteiger partial charge is 0.326 e. The standard InChI is InChI=1S/C29H50N7O6P/c1-8-21(9-2)15-40-26(37)28(6,7)34-43(39,35-29(12-13-29)27(38)41-16-22(10-3)11-4)19-42-20(5)14-36-18-33-23-24(30)31-17-32-25(23)36/h17-18,20-22H,8-16,19H2,1-7H3,(H2,30,31,32)(H2,34,35,39)/t20-,43+/m1/s1. The van der Waals surface area contributed by atoms with Gasteiger partial charge < -0.3 is 24.5 Å². The number of hydrogen-bond acceptors (Lipinski definition) is 10. The van der Waals surface area contributed by atoms with Crippen molar-refractivity contribution in [2.45, 2.75) is 111 Å².